The van der Waals surface area contributed by atoms with Gasteiger partial charge in [-0.2, -0.15) is 5.26 Å². The first-order valence-corrected chi connectivity index (χ1v) is 6.63. The second kappa shape index (κ2) is 10.0. The minimum atomic E-state index is -0.626. The Hall–Kier alpha value is -1.84. The average molecular weight is 280 g/mol. The molecular formula is C14H20N2O4. The Morgan fingerprint density at radius 3 is 2.80 bits per heavy atom. The normalized spacial score (nSPS) is 16.2. The van der Waals surface area contributed by atoms with E-state index in [9.17, 15) is 4.79 Å². The highest BCUT2D eigenvalue weighted by Gasteiger charge is 2.09. The van der Waals surface area contributed by atoms with Gasteiger partial charge in [-0.25, -0.2) is 4.79 Å². The molecule has 0 aromatic heterocycles. The van der Waals surface area contributed by atoms with Gasteiger partial charge < -0.3 is 19.1 Å². The van der Waals surface area contributed by atoms with Gasteiger partial charge in [0.05, 0.1) is 19.8 Å². The highest BCUT2D eigenvalue weighted by Crippen LogP contribution is 2.01. The lowest BCUT2D eigenvalue weighted by Gasteiger charge is -2.24. The van der Waals surface area contributed by atoms with Gasteiger partial charge in [0.2, 0.25) is 0 Å². The van der Waals surface area contributed by atoms with E-state index < -0.39 is 5.97 Å². The van der Waals surface area contributed by atoms with Gasteiger partial charge in [0.15, 0.2) is 0 Å². The summed E-state index contributed by atoms with van der Waals surface area (Å²) in [5, 5.41) is 8.92. The lowest BCUT2D eigenvalue weighted by atomic mass is 10.2. The summed E-state index contributed by atoms with van der Waals surface area (Å²) >= 11 is 0. The molecule has 0 N–H and O–H groups in total. The van der Waals surface area contributed by atoms with Crippen LogP contribution in [0.25, 0.3) is 0 Å². The molecule has 0 amide bonds. The maximum absolute atomic E-state index is 11.6. The molecular weight excluding hydrogens is 260 g/mol. The van der Waals surface area contributed by atoms with Crippen molar-refractivity contribution < 1.29 is 19.0 Å². The Bertz CT molecular complexity index is 392. The van der Waals surface area contributed by atoms with E-state index in [-0.39, 0.29) is 12.2 Å². The summed E-state index contributed by atoms with van der Waals surface area (Å²) in [6, 6.07) is 1.83. The number of rotatable bonds is 7. The van der Waals surface area contributed by atoms with Crippen molar-refractivity contribution in [2.45, 2.75) is 6.92 Å². The van der Waals surface area contributed by atoms with Crippen molar-refractivity contribution >= 4 is 5.97 Å². The fourth-order valence-electron chi connectivity index (χ4n) is 1.55. The monoisotopic (exact) mass is 280 g/mol. The van der Waals surface area contributed by atoms with Gasteiger partial charge in [-0.15, -0.1) is 0 Å². The van der Waals surface area contributed by atoms with Gasteiger partial charge in [0.1, 0.15) is 18.2 Å². The molecule has 20 heavy (non-hydrogen) atoms. The van der Waals surface area contributed by atoms with Crippen molar-refractivity contribution in [3.05, 3.63) is 23.9 Å². The number of hydrogen-bond donors (Lipinski definition) is 0. The van der Waals surface area contributed by atoms with E-state index >= 15 is 0 Å². The Morgan fingerprint density at radius 1 is 1.40 bits per heavy atom. The Morgan fingerprint density at radius 2 is 2.15 bits per heavy atom. The summed E-state index contributed by atoms with van der Waals surface area (Å²) in [6.07, 6.45) is 4.97. The van der Waals surface area contributed by atoms with E-state index in [4.69, 9.17) is 19.5 Å². The summed E-state index contributed by atoms with van der Waals surface area (Å²) < 4.78 is 15.2. The summed E-state index contributed by atoms with van der Waals surface area (Å²) in [6.45, 7) is 5.93. The third-order valence-electron chi connectivity index (χ3n) is 2.61. The van der Waals surface area contributed by atoms with Crippen LogP contribution in [0.5, 0.6) is 0 Å². The fraction of sp³-hybridized carbons (Fsp3) is 0.571. The summed E-state index contributed by atoms with van der Waals surface area (Å²) in [7, 11) is 0. The number of ether oxygens (including phenoxy) is 3. The molecule has 110 valence electrons. The number of nitriles is 1. The molecule has 6 heteroatoms. The Kier molecular flexibility index (Phi) is 8.11. The predicted molar refractivity (Wildman–Crippen MR) is 72.7 cm³/mol. The first-order chi connectivity index (χ1) is 9.77. The van der Waals surface area contributed by atoms with Gasteiger partial charge in [-0.1, -0.05) is 0 Å². The Labute approximate surface area is 119 Å². The van der Waals surface area contributed by atoms with Crippen LogP contribution < -0.4 is 0 Å². The topological polar surface area (TPSA) is 71.8 Å². The van der Waals surface area contributed by atoms with Crippen molar-refractivity contribution in [2.75, 3.05) is 46.1 Å². The molecule has 0 aromatic rings. The third kappa shape index (κ3) is 6.36. The first-order valence-electron chi connectivity index (χ1n) is 6.63. The molecule has 1 heterocycles. The molecule has 1 aliphatic rings. The number of morpholine rings is 1. The number of esters is 1. The molecule has 1 aliphatic heterocycles. The second-order valence-electron chi connectivity index (χ2n) is 4.01. The molecule has 0 aliphatic carbocycles. The lowest BCUT2D eigenvalue weighted by Crippen LogP contribution is -2.31. The van der Waals surface area contributed by atoms with E-state index in [1.54, 1.807) is 6.08 Å². The highest BCUT2D eigenvalue weighted by atomic mass is 16.6. The minimum absolute atomic E-state index is 0.0222. The van der Waals surface area contributed by atoms with E-state index in [2.05, 4.69) is 4.90 Å². The number of nitrogens with zero attached hydrogens (tertiary/aromatic N) is 2. The standard InChI is InChI=1S/C14H20N2O4/c1-2-18-10-11-20-14(17)13(12-15)4-3-5-16-6-8-19-9-7-16/h3-5H,2,6-11H2,1H3/b5-3+,13-4+. The van der Waals surface area contributed by atoms with E-state index in [1.807, 2.05) is 19.2 Å². The maximum Gasteiger partial charge on any atom is 0.348 e. The van der Waals surface area contributed by atoms with Crippen LogP contribution in [0.3, 0.4) is 0 Å². The number of allylic oxidation sites excluding steroid dienone is 2. The molecule has 0 bridgehead atoms. The van der Waals surface area contributed by atoms with Crippen molar-refractivity contribution in [1.29, 1.82) is 5.26 Å². The molecule has 0 spiro atoms. The maximum atomic E-state index is 11.6. The third-order valence-corrected chi connectivity index (χ3v) is 2.61. The number of carbonyl (C=O) groups is 1. The highest BCUT2D eigenvalue weighted by molar-refractivity contribution is 5.93. The summed E-state index contributed by atoms with van der Waals surface area (Å²) in [4.78, 5) is 13.6. The summed E-state index contributed by atoms with van der Waals surface area (Å²) in [5.41, 5.74) is -0.0222. The smallest absolute Gasteiger partial charge is 0.348 e. The predicted octanol–water partition coefficient (Wildman–Crippen LogP) is 0.862. The minimum Gasteiger partial charge on any atom is -0.459 e. The Balaban J connectivity index is 2.39. The zero-order chi connectivity index (χ0) is 14.6. The molecule has 0 atom stereocenters. The number of carbonyl (C=O) groups excluding carboxylic acids is 1. The van der Waals surface area contributed by atoms with Crippen molar-refractivity contribution in [1.82, 2.24) is 4.90 Å². The van der Waals surface area contributed by atoms with Crippen molar-refractivity contribution in [3.8, 4) is 6.07 Å². The van der Waals surface area contributed by atoms with Crippen LogP contribution >= 0.6 is 0 Å². The molecule has 0 saturated carbocycles. The summed E-state index contributed by atoms with van der Waals surface area (Å²) in [5.74, 6) is -0.626. The van der Waals surface area contributed by atoms with Gasteiger partial charge in [0, 0.05) is 19.7 Å². The van der Waals surface area contributed by atoms with Gasteiger partial charge in [0.25, 0.3) is 0 Å². The van der Waals surface area contributed by atoms with Gasteiger partial charge >= 0.3 is 5.97 Å². The van der Waals surface area contributed by atoms with Crippen LogP contribution in [0.1, 0.15) is 6.92 Å². The van der Waals surface area contributed by atoms with Crippen molar-refractivity contribution in [2.24, 2.45) is 0 Å². The second-order valence-corrected chi connectivity index (χ2v) is 4.01. The van der Waals surface area contributed by atoms with Gasteiger partial charge in [-0.05, 0) is 25.3 Å². The molecule has 0 unspecified atom stereocenters. The molecule has 0 aromatic carbocycles. The zero-order valence-corrected chi connectivity index (χ0v) is 11.7. The van der Waals surface area contributed by atoms with Crippen LogP contribution in [-0.2, 0) is 19.0 Å². The molecule has 1 saturated heterocycles. The van der Waals surface area contributed by atoms with E-state index in [0.29, 0.717) is 26.4 Å². The van der Waals surface area contributed by atoms with Crippen LogP contribution in [0.2, 0.25) is 0 Å². The molecule has 1 rings (SSSR count). The first kappa shape index (κ1) is 16.2. The lowest BCUT2D eigenvalue weighted by molar-refractivity contribution is -0.140. The van der Waals surface area contributed by atoms with E-state index in [1.165, 1.54) is 6.08 Å². The fourth-order valence-corrected chi connectivity index (χ4v) is 1.55. The quantitative estimate of drug-likeness (QED) is 0.226. The van der Waals surface area contributed by atoms with Gasteiger partial charge in [-0.3, -0.25) is 0 Å². The van der Waals surface area contributed by atoms with Crippen LogP contribution in [0, 0.1) is 11.3 Å². The molecule has 0 radical (unpaired) electrons. The zero-order valence-electron chi connectivity index (χ0n) is 11.7. The molecule has 1 fully saturated rings. The SMILES string of the molecule is CCOCCOC(=O)/C(C#N)=C/C=C/N1CCOCC1. The van der Waals surface area contributed by atoms with Crippen LogP contribution in [-0.4, -0.2) is 57.0 Å². The van der Waals surface area contributed by atoms with Crippen LogP contribution in [0.4, 0.5) is 0 Å². The molecule has 6 nitrogen and oxygen atoms in total. The number of hydrogen-bond acceptors (Lipinski definition) is 6. The van der Waals surface area contributed by atoms with Crippen molar-refractivity contribution in [3.63, 3.8) is 0 Å². The van der Waals surface area contributed by atoms with E-state index in [0.717, 1.165) is 13.1 Å². The largest absolute Gasteiger partial charge is 0.459 e. The average Bonchev–Trinajstić information content (AvgIpc) is 2.49. The van der Waals surface area contributed by atoms with Crippen LogP contribution in [0.15, 0.2) is 23.9 Å².